The minimum absolute atomic E-state index is 0.438. The molecule has 1 saturated heterocycles. The first kappa shape index (κ1) is 16.9. The maximum Gasteiger partial charge on any atom is 0.408 e. The van der Waals surface area contributed by atoms with E-state index in [2.05, 4.69) is 22.1 Å². The van der Waals surface area contributed by atoms with Gasteiger partial charge in [-0.3, -0.25) is 4.98 Å². The lowest BCUT2D eigenvalue weighted by Gasteiger charge is -2.29. The molecule has 2 atom stereocenters. The quantitative estimate of drug-likeness (QED) is 0.703. The van der Waals surface area contributed by atoms with Crippen molar-refractivity contribution in [3.05, 3.63) is 101 Å². The number of cyclic esters (lactones) is 1. The number of benzene rings is 2. The molecule has 27 heavy (non-hydrogen) atoms. The van der Waals surface area contributed by atoms with E-state index >= 15 is 0 Å². The van der Waals surface area contributed by atoms with Crippen LogP contribution >= 0.6 is 0 Å². The van der Waals surface area contributed by atoms with Gasteiger partial charge < -0.3 is 10.1 Å². The summed E-state index contributed by atoms with van der Waals surface area (Å²) in [4.78, 5) is 16.4. The fraction of sp³-hybridized carbons (Fsp3) is 0.130. The molecule has 1 amide bonds. The first-order valence-electron chi connectivity index (χ1n) is 8.71. The monoisotopic (exact) mass is 354 g/mol. The topological polar surface area (TPSA) is 51.2 Å². The van der Waals surface area contributed by atoms with Crippen molar-refractivity contribution in [2.75, 3.05) is 0 Å². The second kappa shape index (κ2) is 6.97. The Morgan fingerprint density at radius 1 is 0.963 bits per heavy atom. The number of pyridine rings is 1. The standard InChI is InChI=1S/C23H18N2O2/c1-23(21(27-22(26)25-23)19-10-6-3-7-11-19)20-14-18(15-24-16-20)13-12-17-8-4-2-5-9-17/h2-11,14-16,21H,1H3,(H,25,26)/t21-,23-/m1/s1. The average molecular weight is 354 g/mol. The van der Waals surface area contributed by atoms with Gasteiger partial charge >= 0.3 is 6.09 Å². The zero-order valence-electron chi connectivity index (χ0n) is 14.8. The Hall–Kier alpha value is -3.58. The number of rotatable bonds is 2. The number of amides is 1. The van der Waals surface area contributed by atoms with Crippen molar-refractivity contribution in [1.82, 2.24) is 10.3 Å². The number of carbonyl (C=O) groups excluding carboxylic acids is 1. The molecule has 4 heteroatoms. The number of alkyl carbamates (subject to hydrolysis) is 1. The number of carbonyl (C=O) groups is 1. The van der Waals surface area contributed by atoms with E-state index < -0.39 is 17.7 Å². The van der Waals surface area contributed by atoms with Crippen molar-refractivity contribution in [2.45, 2.75) is 18.6 Å². The molecule has 1 aliphatic heterocycles. The third-order valence-corrected chi connectivity index (χ3v) is 4.68. The van der Waals surface area contributed by atoms with Crippen molar-refractivity contribution in [3.63, 3.8) is 0 Å². The Labute approximate surface area is 158 Å². The van der Waals surface area contributed by atoms with Gasteiger partial charge in [0.2, 0.25) is 0 Å². The molecule has 0 radical (unpaired) electrons. The van der Waals surface area contributed by atoms with Crippen LogP contribution in [0.5, 0.6) is 0 Å². The Balaban J connectivity index is 1.70. The molecule has 1 N–H and O–H groups in total. The first-order chi connectivity index (χ1) is 13.1. The predicted molar refractivity (Wildman–Crippen MR) is 103 cm³/mol. The summed E-state index contributed by atoms with van der Waals surface area (Å²) >= 11 is 0. The second-order valence-electron chi connectivity index (χ2n) is 6.60. The van der Waals surface area contributed by atoms with Crippen molar-refractivity contribution in [1.29, 1.82) is 0 Å². The molecule has 132 valence electrons. The number of aromatic nitrogens is 1. The van der Waals surface area contributed by atoms with Crippen LogP contribution in [-0.4, -0.2) is 11.1 Å². The number of nitrogens with one attached hydrogen (secondary N) is 1. The van der Waals surface area contributed by atoms with Gasteiger partial charge in [-0.25, -0.2) is 4.79 Å². The highest BCUT2D eigenvalue weighted by atomic mass is 16.6. The third-order valence-electron chi connectivity index (χ3n) is 4.68. The lowest BCUT2D eigenvalue weighted by Crippen LogP contribution is -2.39. The zero-order valence-corrected chi connectivity index (χ0v) is 14.8. The molecule has 0 bridgehead atoms. The van der Waals surface area contributed by atoms with E-state index in [1.54, 1.807) is 12.4 Å². The highest BCUT2D eigenvalue weighted by molar-refractivity contribution is 5.72. The first-order valence-corrected chi connectivity index (χ1v) is 8.71. The molecule has 0 unspecified atom stereocenters. The molecule has 1 aliphatic rings. The smallest absolute Gasteiger partial charge is 0.408 e. The van der Waals surface area contributed by atoms with Gasteiger partial charge in [0.1, 0.15) is 5.54 Å². The highest BCUT2D eigenvalue weighted by Crippen LogP contribution is 2.41. The number of ether oxygens (including phenoxy) is 1. The molecular formula is C23H18N2O2. The lowest BCUT2D eigenvalue weighted by atomic mass is 9.84. The molecule has 0 aliphatic carbocycles. The van der Waals surface area contributed by atoms with Crippen LogP contribution in [0.2, 0.25) is 0 Å². The number of hydrogen-bond acceptors (Lipinski definition) is 3. The molecule has 3 aromatic rings. The molecular weight excluding hydrogens is 336 g/mol. The van der Waals surface area contributed by atoms with Crippen LogP contribution in [0, 0.1) is 11.8 Å². The summed E-state index contributed by atoms with van der Waals surface area (Å²) in [5.74, 6) is 6.28. The van der Waals surface area contributed by atoms with E-state index in [0.29, 0.717) is 0 Å². The van der Waals surface area contributed by atoms with Gasteiger partial charge in [-0.2, -0.15) is 0 Å². The average Bonchev–Trinajstić information content (AvgIpc) is 3.03. The van der Waals surface area contributed by atoms with Gasteiger partial charge in [0.05, 0.1) is 0 Å². The fourth-order valence-electron chi connectivity index (χ4n) is 3.24. The van der Waals surface area contributed by atoms with Crippen LogP contribution < -0.4 is 5.32 Å². The lowest BCUT2D eigenvalue weighted by molar-refractivity contribution is 0.112. The van der Waals surface area contributed by atoms with Gasteiger partial charge in [0.15, 0.2) is 6.10 Å². The second-order valence-corrected chi connectivity index (χ2v) is 6.60. The van der Waals surface area contributed by atoms with Crippen molar-refractivity contribution >= 4 is 6.09 Å². The molecule has 2 heterocycles. The maximum atomic E-state index is 12.0. The number of nitrogens with zero attached hydrogens (tertiary/aromatic N) is 1. The Morgan fingerprint density at radius 3 is 2.37 bits per heavy atom. The van der Waals surface area contributed by atoms with E-state index in [-0.39, 0.29) is 0 Å². The van der Waals surface area contributed by atoms with Crippen LogP contribution in [0.25, 0.3) is 0 Å². The zero-order chi connectivity index (χ0) is 18.7. The maximum absolute atomic E-state index is 12.0. The number of hydrogen-bond donors (Lipinski definition) is 1. The van der Waals surface area contributed by atoms with Crippen LogP contribution in [-0.2, 0) is 10.3 Å². The van der Waals surface area contributed by atoms with Gasteiger partial charge in [0.25, 0.3) is 0 Å². The Bertz CT molecular complexity index is 1020. The van der Waals surface area contributed by atoms with Crippen molar-refractivity contribution < 1.29 is 9.53 Å². The van der Waals surface area contributed by atoms with E-state index in [1.165, 1.54) is 0 Å². The summed E-state index contributed by atoms with van der Waals surface area (Å²) in [7, 11) is 0. The summed E-state index contributed by atoms with van der Waals surface area (Å²) in [6, 6.07) is 21.4. The molecule has 1 fully saturated rings. The van der Waals surface area contributed by atoms with E-state index in [0.717, 1.165) is 22.3 Å². The van der Waals surface area contributed by atoms with E-state index in [1.807, 2.05) is 73.7 Å². The largest absolute Gasteiger partial charge is 0.438 e. The molecule has 0 saturated carbocycles. The van der Waals surface area contributed by atoms with Crippen LogP contribution in [0.3, 0.4) is 0 Å². The summed E-state index contributed by atoms with van der Waals surface area (Å²) in [5, 5.41) is 2.95. The molecule has 1 aromatic heterocycles. The summed E-state index contributed by atoms with van der Waals surface area (Å²) in [6.07, 6.45) is 2.59. The Morgan fingerprint density at radius 2 is 1.63 bits per heavy atom. The normalized spacial score (nSPS) is 20.9. The third kappa shape index (κ3) is 3.40. The van der Waals surface area contributed by atoms with Crippen molar-refractivity contribution in [2.24, 2.45) is 0 Å². The highest BCUT2D eigenvalue weighted by Gasteiger charge is 2.47. The summed E-state index contributed by atoms with van der Waals surface area (Å²) < 4.78 is 5.57. The molecule has 4 rings (SSSR count). The minimum atomic E-state index is -0.726. The molecule has 2 aromatic carbocycles. The van der Waals surface area contributed by atoms with Crippen molar-refractivity contribution in [3.8, 4) is 11.8 Å². The van der Waals surface area contributed by atoms with Crippen LogP contribution in [0.15, 0.2) is 79.1 Å². The Kier molecular flexibility index (Phi) is 4.35. The van der Waals surface area contributed by atoms with Gasteiger partial charge in [-0.05, 0) is 30.7 Å². The van der Waals surface area contributed by atoms with Crippen LogP contribution in [0.1, 0.15) is 35.3 Å². The summed E-state index contributed by atoms with van der Waals surface area (Å²) in [5.41, 5.74) is 2.77. The van der Waals surface area contributed by atoms with Gasteiger partial charge in [0, 0.05) is 29.1 Å². The van der Waals surface area contributed by atoms with E-state index in [9.17, 15) is 4.79 Å². The van der Waals surface area contributed by atoms with Gasteiger partial charge in [-0.1, -0.05) is 60.4 Å². The molecule has 4 nitrogen and oxygen atoms in total. The van der Waals surface area contributed by atoms with Crippen LogP contribution in [0.4, 0.5) is 4.79 Å². The predicted octanol–water partition coefficient (Wildman–Crippen LogP) is 4.18. The summed E-state index contributed by atoms with van der Waals surface area (Å²) in [6.45, 7) is 1.95. The fourth-order valence-corrected chi connectivity index (χ4v) is 3.24. The minimum Gasteiger partial charge on any atom is -0.438 e. The SMILES string of the molecule is C[C@]1(c2cncc(C#Cc3ccccc3)c2)NC(=O)O[C@@H]1c1ccccc1. The van der Waals surface area contributed by atoms with E-state index in [4.69, 9.17) is 4.74 Å². The van der Waals surface area contributed by atoms with Gasteiger partial charge in [-0.15, -0.1) is 0 Å². The molecule has 0 spiro atoms.